The molecule has 0 radical (unpaired) electrons. The van der Waals surface area contributed by atoms with Gasteiger partial charge in [-0.1, -0.05) is 11.8 Å². The Morgan fingerprint density at radius 1 is 1.40 bits per heavy atom. The summed E-state index contributed by atoms with van der Waals surface area (Å²) in [5, 5.41) is 9.54. The van der Waals surface area contributed by atoms with E-state index < -0.39 is 23.3 Å². The van der Waals surface area contributed by atoms with Gasteiger partial charge in [-0.2, -0.15) is 13.2 Å². The Labute approximate surface area is 116 Å². The summed E-state index contributed by atoms with van der Waals surface area (Å²) in [6.07, 6.45) is -1.39. The number of aromatic carboxylic acids is 1. The predicted molar refractivity (Wildman–Crippen MR) is 65.7 cm³/mol. The number of benzene rings is 1. The smallest absolute Gasteiger partial charge is 0.416 e. The van der Waals surface area contributed by atoms with Crippen LogP contribution in [0.1, 0.15) is 15.9 Å². The van der Waals surface area contributed by atoms with E-state index in [0.29, 0.717) is 11.2 Å². The summed E-state index contributed by atoms with van der Waals surface area (Å²) >= 11 is 0.999. The minimum Gasteiger partial charge on any atom is -0.478 e. The van der Waals surface area contributed by atoms with Gasteiger partial charge in [-0.3, -0.25) is 0 Å². The van der Waals surface area contributed by atoms with Gasteiger partial charge in [0, 0.05) is 24.3 Å². The molecule has 1 heterocycles. The maximum Gasteiger partial charge on any atom is 0.416 e. The van der Waals surface area contributed by atoms with E-state index in [-0.39, 0.29) is 4.90 Å². The summed E-state index contributed by atoms with van der Waals surface area (Å²) in [6.45, 7) is 0. The fourth-order valence-electron chi connectivity index (χ4n) is 1.51. The first-order valence-corrected chi connectivity index (χ1v) is 6.20. The van der Waals surface area contributed by atoms with Gasteiger partial charge in [-0.05, 0) is 18.2 Å². The number of hydrogen-bond donors (Lipinski definition) is 1. The highest BCUT2D eigenvalue weighted by Gasteiger charge is 2.32. The molecule has 0 spiro atoms. The molecule has 2 aromatic rings. The minimum absolute atomic E-state index is 0.208. The Morgan fingerprint density at radius 3 is 2.60 bits per heavy atom. The van der Waals surface area contributed by atoms with E-state index in [9.17, 15) is 18.0 Å². The molecule has 1 aromatic heterocycles. The first kappa shape index (κ1) is 14.4. The highest BCUT2D eigenvalue weighted by atomic mass is 32.2. The summed E-state index contributed by atoms with van der Waals surface area (Å²) in [6, 6.07) is 2.64. The maximum absolute atomic E-state index is 12.6. The zero-order valence-corrected chi connectivity index (χ0v) is 11.0. The monoisotopic (exact) mass is 302 g/mol. The first-order valence-electron chi connectivity index (χ1n) is 5.39. The van der Waals surface area contributed by atoms with Crippen molar-refractivity contribution in [2.75, 3.05) is 0 Å². The van der Waals surface area contributed by atoms with E-state index in [0.717, 1.165) is 23.9 Å². The van der Waals surface area contributed by atoms with E-state index in [1.807, 2.05) is 0 Å². The molecule has 0 fully saturated rings. The van der Waals surface area contributed by atoms with Gasteiger partial charge < -0.3 is 9.67 Å². The number of hydrogen-bond acceptors (Lipinski definition) is 3. The number of alkyl halides is 3. The van der Waals surface area contributed by atoms with Crippen molar-refractivity contribution in [3.05, 3.63) is 41.7 Å². The number of carbonyl (C=O) groups is 1. The van der Waals surface area contributed by atoms with Gasteiger partial charge in [-0.25, -0.2) is 9.78 Å². The normalized spacial score (nSPS) is 11.6. The van der Waals surface area contributed by atoms with Crippen molar-refractivity contribution >= 4 is 17.7 Å². The van der Waals surface area contributed by atoms with E-state index in [2.05, 4.69) is 4.98 Å². The molecule has 1 N–H and O–H groups in total. The summed E-state index contributed by atoms with van der Waals surface area (Å²) in [4.78, 5) is 15.3. The predicted octanol–water partition coefficient (Wildman–Crippen LogP) is 3.29. The second kappa shape index (κ2) is 5.20. The molecule has 106 valence electrons. The summed E-state index contributed by atoms with van der Waals surface area (Å²) in [7, 11) is 1.71. The minimum atomic E-state index is -4.57. The molecule has 0 atom stereocenters. The maximum atomic E-state index is 12.6. The molecular formula is C12H9F3N2O2S. The third kappa shape index (κ3) is 2.96. The van der Waals surface area contributed by atoms with Crippen molar-refractivity contribution < 1.29 is 23.1 Å². The molecule has 4 nitrogen and oxygen atoms in total. The molecule has 2 rings (SSSR count). The van der Waals surface area contributed by atoms with Gasteiger partial charge in [0.05, 0.1) is 11.1 Å². The van der Waals surface area contributed by atoms with E-state index >= 15 is 0 Å². The largest absolute Gasteiger partial charge is 0.478 e. The summed E-state index contributed by atoms with van der Waals surface area (Å²) in [5.74, 6) is -1.41. The second-order valence-electron chi connectivity index (χ2n) is 3.94. The molecule has 0 saturated carbocycles. The van der Waals surface area contributed by atoms with Crippen molar-refractivity contribution in [1.82, 2.24) is 9.55 Å². The summed E-state index contributed by atoms with van der Waals surface area (Å²) < 4.78 is 39.4. The molecule has 0 aliphatic heterocycles. The number of carboxylic acids is 1. The van der Waals surface area contributed by atoms with Gasteiger partial charge in [0.1, 0.15) is 0 Å². The second-order valence-corrected chi connectivity index (χ2v) is 4.95. The van der Waals surface area contributed by atoms with Crippen LogP contribution in [0.15, 0.2) is 40.6 Å². The van der Waals surface area contributed by atoms with Gasteiger partial charge >= 0.3 is 12.1 Å². The first-order chi connectivity index (χ1) is 9.29. The number of rotatable bonds is 3. The standard InChI is InChI=1S/C12H9F3N2O2S/c1-17-5-4-16-11(17)20-9-3-2-7(12(13,14)15)6-8(9)10(18)19/h2-6H,1H3,(H,18,19). The van der Waals surface area contributed by atoms with Gasteiger partial charge in [0.25, 0.3) is 0 Å². The molecule has 0 aliphatic rings. The lowest BCUT2D eigenvalue weighted by atomic mass is 10.1. The van der Waals surface area contributed by atoms with Crippen LogP contribution in [0.3, 0.4) is 0 Å². The van der Waals surface area contributed by atoms with Crippen molar-refractivity contribution in [3.63, 3.8) is 0 Å². The van der Waals surface area contributed by atoms with Crippen molar-refractivity contribution in [3.8, 4) is 0 Å². The third-order valence-electron chi connectivity index (χ3n) is 2.52. The van der Waals surface area contributed by atoms with Crippen LogP contribution < -0.4 is 0 Å². The lowest BCUT2D eigenvalue weighted by Crippen LogP contribution is -2.08. The lowest BCUT2D eigenvalue weighted by molar-refractivity contribution is -0.137. The number of carboxylic acid groups (broad SMARTS) is 1. The molecule has 1 aromatic carbocycles. The molecule has 20 heavy (non-hydrogen) atoms. The zero-order chi connectivity index (χ0) is 14.9. The van der Waals surface area contributed by atoms with Crippen molar-refractivity contribution in [1.29, 1.82) is 0 Å². The Kier molecular flexibility index (Phi) is 3.76. The fourth-order valence-corrected chi connectivity index (χ4v) is 2.42. The molecule has 0 unspecified atom stereocenters. The van der Waals surface area contributed by atoms with Crippen molar-refractivity contribution in [2.45, 2.75) is 16.2 Å². The van der Waals surface area contributed by atoms with Crippen LogP contribution in [0.4, 0.5) is 13.2 Å². The van der Waals surface area contributed by atoms with Crippen molar-refractivity contribution in [2.24, 2.45) is 7.05 Å². The van der Waals surface area contributed by atoms with E-state index in [1.54, 1.807) is 17.8 Å². The number of aryl methyl sites for hydroxylation is 1. The lowest BCUT2D eigenvalue weighted by Gasteiger charge is -2.10. The van der Waals surface area contributed by atoms with Gasteiger partial charge in [0.15, 0.2) is 5.16 Å². The van der Waals surface area contributed by atoms with Crippen LogP contribution in [0, 0.1) is 0 Å². The molecular weight excluding hydrogens is 293 g/mol. The molecule has 0 bridgehead atoms. The molecule has 0 amide bonds. The van der Waals surface area contributed by atoms with Gasteiger partial charge in [0.2, 0.25) is 0 Å². The number of imidazole rings is 1. The quantitative estimate of drug-likeness (QED) is 0.945. The van der Waals surface area contributed by atoms with Crippen LogP contribution >= 0.6 is 11.8 Å². The average Bonchev–Trinajstić information content (AvgIpc) is 2.74. The van der Waals surface area contributed by atoms with Crippen LogP contribution in [-0.4, -0.2) is 20.6 Å². The third-order valence-corrected chi connectivity index (χ3v) is 3.67. The SMILES string of the molecule is Cn1ccnc1Sc1ccc(C(F)(F)F)cc1C(=O)O. The Morgan fingerprint density at radius 2 is 2.10 bits per heavy atom. The van der Waals surface area contributed by atoms with Gasteiger partial charge in [-0.15, -0.1) is 0 Å². The summed E-state index contributed by atoms with van der Waals surface area (Å²) in [5.41, 5.74) is -1.38. The van der Waals surface area contributed by atoms with E-state index in [1.165, 1.54) is 6.20 Å². The average molecular weight is 302 g/mol. The molecule has 0 saturated heterocycles. The Hall–Kier alpha value is -1.96. The number of nitrogens with zero attached hydrogens (tertiary/aromatic N) is 2. The number of halogens is 3. The van der Waals surface area contributed by atoms with Crippen LogP contribution in [0.2, 0.25) is 0 Å². The zero-order valence-electron chi connectivity index (χ0n) is 10.2. The number of aromatic nitrogens is 2. The van der Waals surface area contributed by atoms with Crippen LogP contribution in [0.5, 0.6) is 0 Å². The Bertz CT molecular complexity index is 652. The van der Waals surface area contributed by atoms with Crippen LogP contribution in [-0.2, 0) is 13.2 Å². The van der Waals surface area contributed by atoms with E-state index in [4.69, 9.17) is 5.11 Å². The van der Waals surface area contributed by atoms with Crippen LogP contribution in [0.25, 0.3) is 0 Å². The Balaban J connectivity index is 2.43. The highest BCUT2D eigenvalue weighted by molar-refractivity contribution is 7.99. The molecule has 0 aliphatic carbocycles. The molecule has 8 heteroatoms. The fraction of sp³-hybridized carbons (Fsp3) is 0.167. The topological polar surface area (TPSA) is 55.1 Å². The highest BCUT2D eigenvalue weighted by Crippen LogP contribution is 2.35.